The largest absolute Gasteiger partial charge is 3.00 e. The fourth-order valence-corrected chi connectivity index (χ4v) is 3.08. The molecule has 0 saturated carbocycles. The van der Waals surface area contributed by atoms with Gasteiger partial charge in [-0.25, -0.2) is 0 Å². The van der Waals surface area contributed by atoms with Crippen LogP contribution in [0.4, 0.5) is 0 Å². The van der Waals surface area contributed by atoms with Gasteiger partial charge in [-0.3, -0.25) is 0 Å². The molecule has 1 aliphatic carbocycles. The van der Waals surface area contributed by atoms with E-state index in [1.165, 1.54) is 38.2 Å². The molecule has 3 aromatic rings. The van der Waals surface area contributed by atoms with Crippen LogP contribution in [-0.2, 0) is 28.1 Å². The van der Waals surface area contributed by atoms with Crippen molar-refractivity contribution in [1.82, 2.24) is 0 Å². The van der Waals surface area contributed by atoms with Crippen LogP contribution in [0.15, 0.2) is 54.1 Å². The van der Waals surface area contributed by atoms with E-state index in [2.05, 4.69) is 61.5 Å². The summed E-state index contributed by atoms with van der Waals surface area (Å²) < 4.78 is 0. The molecule has 1 radical (unpaired) electrons. The second-order valence-electron chi connectivity index (χ2n) is 5.19. The van der Waals surface area contributed by atoms with E-state index < -0.39 is 0 Å². The van der Waals surface area contributed by atoms with Gasteiger partial charge in [0.2, 0.25) is 0 Å². The Morgan fingerprint density at radius 1 is 0.727 bits per heavy atom. The van der Waals surface area contributed by atoms with Crippen LogP contribution in [0.2, 0.25) is 0 Å². The molecule has 0 aliphatic heterocycles. The van der Waals surface area contributed by atoms with Gasteiger partial charge in [-0.05, 0) is 46.0 Å². The molecule has 111 valence electrons. The molecule has 22 heavy (non-hydrogen) atoms. The molecule has 0 nitrogen and oxygen atoms in total. The Labute approximate surface area is 164 Å². The van der Waals surface area contributed by atoms with E-state index in [1.54, 1.807) is 0 Å². The molecular weight excluding hydrogens is 370 g/mol. The standard InChI is InChI=1S/C18H14.3ClH.Ti/c1-12-10-14-7-9-16-15-5-3-2-4-13(15)6-8-17(16)18(14)11-12;;;;/h2-9,11H,10H2,1H3;3*1H;/q;;;;+3/p-3. The van der Waals surface area contributed by atoms with Crippen molar-refractivity contribution in [3.8, 4) is 0 Å². The van der Waals surface area contributed by atoms with Gasteiger partial charge >= 0.3 is 21.7 Å². The van der Waals surface area contributed by atoms with Gasteiger partial charge in [-0.2, -0.15) is 0 Å². The average Bonchev–Trinajstić information content (AvgIpc) is 2.79. The summed E-state index contributed by atoms with van der Waals surface area (Å²) in [6, 6.07) is 17.7. The molecule has 0 bridgehead atoms. The first kappa shape index (κ1) is 21.5. The molecule has 0 spiro atoms. The monoisotopic (exact) mass is 383 g/mol. The van der Waals surface area contributed by atoms with Gasteiger partial charge in [0.05, 0.1) is 0 Å². The number of benzene rings is 3. The zero-order valence-electron chi connectivity index (χ0n) is 12.0. The molecule has 0 heterocycles. The van der Waals surface area contributed by atoms with Crippen LogP contribution in [0.1, 0.15) is 18.1 Å². The van der Waals surface area contributed by atoms with Gasteiger partial charge < -0.3 is 37.2 Å². The van der Waals surface area contributed by atoms with Crippen LogP contribution in [-0.4, -0.2) is 0 Å². The van der Waals surface area contributed by atoms with E-state index in [1.807, 2.05) is 0 Å². The predicted octanol–water partition coefficient (Wildman–Crippen LogP) is -4.04. The summed E-state index contributed by atoms with van der Waals surface area (Å²) in [4.78, 5) is 0. The molecule has 4 heteroatoms. The Balaban J connectivity index is 0.00000110. The first-order chi connectivity index (χ1) is 8.83. The Hall–Kier alpha value is -0.496. The molecule has 0 unspecified atom stereocenters. The number of allylic oxidation sites excluding steroid dienone is 1. The van der Waals surface area contributed by atoms with Crippen LogP contribution >= 0.6 is 0 Å². The Morgan fingerprint density at radius 3 is 2.18 bits per heavy atom. The molecule has 4 rings (SSSR count). The van der Waals surface area contributed by atoms with E-state index in [4.69, 9.17) is 0 Å². The SMILES string of the molecule is CC1=Cc2c(ccc3c2ccc2ccccc23)C1.[Cl-].[Cl-].[Cl-].[Ti+3]. The maximum absolute atomic E-state index is 2.34. The van der Waals surface area contributed by atoms with Gasteiger partial charge in [0, 0.05) is 0 Å². The summed E-state index contributed by atoms with van der Waals surface area (Å²) in [5.74, 6) is 0. The van der Waals surface area contributed by atoms with Crippen molar-refractivity contribution in [2.24, 2.45) is 0 Å². The van der Waals surface area contributed by atoms with Crippen molar-refractivity contribution in [3.05, 3.63) is 65.2 Å². The normalized spacial score (nSPS) is 11.4. The van der Waals surface area contributed by atoms with Crippen molar-refractivity contribution in [3.63, 3.8) is 0 Å². The predicted molar refractivity (Wildman–Crippen MR) is 78.8 cm³/mol. The molecule has 0 saturated heterocycles. The zero-order chi connectivity index (χ0) is 12.1. The number of hydrogen-bond acceptors (Lipinski definition) is 0. The van der Waals surface area contributed by atoms with Crippen molar-refractivity contribution in [1.29, 1.82) is 0 Å². The summed E-state index contributed by atoms with van der Waals surface area (Å²) in [7, 11) is 0. The third-order valence-electron chi connectivity index (χ3n) is 3.92. The molecule has 3 aromatic carbocycles. The first-order valence-corrected chi connectivity index (χ1v) is 6.43. The van der Waals surface area contributed by atoms with Crippen molar-refractivity contribution in [2.45, 2.75) is 13.3 Å². The van der Waals surface area contributed by atoms with Gasteiger partial charge in [0.25, 0.3) is 0 Å². The van der Waals surface area contributed by atoms with Crippen molar-refractivity contribution in [2.75, 3.05) is 0 Å². The van der Waals surface area contributed by atoms with Gasteiger partial charge in [0.15, 0.2) is 0 Å². The fourth-order valence-electron chi connectivity index (χ4n) is 3.08. The van der Waals surface area contributed by atoms with Crippen LogP contribution in [0.25, 0.3) is 27.6 Å². The first-order valence-electron chi connectivity index (χ1n) is 6.43. The molecule has 0 amide bonds. The molecular formula is C18H14Cl3Ti. The Morgan fingerprint density at radius 2 is 1.41 bits per heavy atom. The van der Waals surface area contributed by atoms with E-state index in [9.17, 15) is 0 Å². The fraction of sp³-hybridized carbons (Fsp3) is 0.111. The van der Waals surface area contributed by atoms with Crippen molar-refractivity contribution >= 4 is 27.6 Å². The maximum Gasteiger partial charge on any atom is 3.00 e. The maximum atomic E-state index is 2.34. The third kappa shape index (κ3) is 3.37. The third-order valence-corrected chi connectivity index (χ3v) is 3.92. The van der Waals surface area contributed by atoms with Crippen LogP contribution in [0, 0.1) is 0 Å². The van der Waals surface area contributed by atoms with Crippen molar-refractivity contribution < 1.29 is 58.9 Å². The minimum atomic E-state index is 0. The Bertz CT molecular complexity index is 825. The Kier molecular flexibility index (Phi) is 8.19. The number of hydrogen-bond donors (Lipinski definition) is 0. The van der Waals surface area contributed by atoms with E-state index in [0.29, 0.717) is 0 Å². The summed E-state index contributed by atoms with van der Waals surface area (Å²) in [5.41, 5.74) is 4.36. The van der Waals surface area contributed by atoms with Crippen LogP contribution in [0.3, 0.4) is 0 Å². The minimum Gasteiger partial charge on any atom is -1.00 e. The zero-order valence-corrected chi connectivity index (χ0v) is 15.9. The molecule has 0 N–H and O–H groups in total. The van der Waals surface area contributed by atoms with Crippen LogP contribution < -0.4 is 37.2 Å². The van der Waals surface area contributed by atoms with E-state index >= 15 is 0 Å². The smallest absolute Gasteiger partial charge is 1.00 e. The average molecular weight is 385 g/mol. The molecule has 0 atom stereocenters. The molecule has 1 aliphatic rings. The van der Waals surface area contributed by atoms with E-state index in [-0.39, 0.29) is 58.9 Å². The summed E-state index contributed by atoms with van der Waals surface area (Å²) in [6.45, 7) is 2.22. The number of fused-ring (bicyclic) bond motifs is 5. The van der Waals surface area contributed by atoms with Gasteiger partial charge in [0.1, 0.15) is 0 Å². The van der Waals surface area contributed by atoms with Crippen LogP contribution in [0.5, 0.6) is 0 Å². The van der Waals surface area contributed by atoms with Gasteiger partial charge in [-0.1, -0.05) is 60.2 Å². The molecule has 0 aromatic heterocycles. The summed E-state index contributed by atoms with van der Waals surface area (Å²) in [6.07, 6.45) is 3.45. The number of rotatable bonds is 0. The summed E-state index contributed by atoms with van der Waals surface area (Å²) >= 11 is 0. The molecule has 0 fully saturated rings. The summed E-state index contributed by atoms with van der Waals surface area (Å²) in [5, 5.41) is 5.44. The second kappa shape index (κ2) is 8.38. The minimum absolute atomic E-state index is 0. The number of halogens is 3. The quantitative estimate of drug-likeness (QED) is 0.274. The van der Waals surface area contributed by atoms with E-state index in [0.717, 1.165) is 6.42 Å². The topological polar surface area (TPSA) is 0 Å². The van der Waals surface area contributed by atoms with Gasteiger partial charge in [-0.15, -0.1) is 0 Å². The second-order valence-corrected chi connectivity index (χ2v) is 5.19.